The van der Waals surface area contributed by atoms with Gasteiger partial charge in [-0.2, -0.15) is 0 Å². The van der Waals surface area contributed by atoms with Gasteiger partial charge in [-0.1, -0.05) is 61.5 Å². The molecule has 2 saturated heterocycles. The zero-order valence-corrected chi connectivity index (χ0v) is 27.6. The van der Waals surface area contributed by atoms with Crippen molar-refractivity contribution in [2.45, 2.75) is 52.4 Å². The van der Waals surface area contributed by atoms with Crippen LogP contribution in [0, 0.1) is 11.8 Å². The van der Waals surface area contributed by atoms with Crippen LogP contribution in [0.25, 0.3) is 0 Å². The molecular formula is C32H39Cl3N6O3. The first-order valence-electron chi connectivity index (χ1n) is 15.0. The van der Waals surface area contributed by atoms with E-state index in [4.69, 9.17) is 39.5 Å². The third-order valence-electron chi connectivity index (χ3n) is 8.11. The van der Waals surface area contributed by atoms with Gasteiger partial charge in [-0.15, -0.1) is 0 Å². The van der Waals surface area contributed by atoms with Crippen molar-refractivity contribution < 1.29 is 14.3 Å². The van der Waals surface area contributed by atoms with Crippen molar-refractivity contribution in [1.82, 2.24) is 24.8 Å². The number of carbonyl (C=O) groups is 2. The predicted molar refractivity (Wildman–Crippen MR) is 175 cm³/mol. The van der Waals surface area contributed by atoms with Crippen LogP contribution in [0.4, 0.5) is 11.5 Å². The van der Waals surface area contributed by atoms with Crippen molar-refractivity contribution >= 4 is 58.1 Å². The van der Waals surface area contributed by atoms with Gasteiger partial charge in [-0.25, -0.2) is 15.0 Å². The fourth-order valence-corrected chi connectivity index (χ4v) is 5.91. The van der Waals surface area contributed by atoms with Gasteiger partial charge >= 0.3 is 0 Å². The van der Waals surface area contributed by atoms with Gasteiger partial charge in [0.25, 0.3) is 11.8 Å². The Morgan fingerprint density at radius 2 is 1.41 bits per heavy atom. The molecule has 2 unspecified atom stereocenters. The molecule has 9 nitrogen and oxygen atoms in total. The van der Waals surface area contributed by atoms with E-state index >= 15 is 0 Å². The lowest BCUT2D eigenvalue weighted by Crippen LogP contribution is -2.39. The lowest BCUT2D eigenvalue weighted by Gasteiger charge is -2.32. The maximum Gasteiger partial charge on any atom is 0.255 e. The number of pyridine rings is 3. The number of aromatic nitrogens is 3. The van der Waals surface area contributed by atoms with Gasteiger partial charge in [-0.3, -0.25) is 9.59 Å². The van der Waals surface area contributed by atoms with Gasteiger partial charge in [0, 0.05) is 44.6 Å². The lowest BCUT2D eigenvalue weighted by atomic mass is 9.95. The van der Waals surface area contributed by atoms with E-state index in [-0.39, 0.29) is 17.0 Å². The van der Waals surface area contributed by atoms with Gasteiger partial charge in [-0.05, 0) is 55.7 Å². The summed E-state index contributed by atoms with van der Waals surface area (Å²) in [6.07, 6.45) is 11.4. The number of nitrogens with zero attached hydrogens (tertiary/aromatic N) is 5. The highest BCUT2D eigenvalue weighted by atomic mass is 35.5. The third-order valence-corrected chi connectivity index (χ3v) is 9.08. The Morgan fingerprint density at radius 3 is 1.89 bits per heavy atom. The first-order valence-corrected chi connectivity index (χ1v) is 16.2. The number of methoxy groups -OCH3 is 1. The number of rotatable bonds is 7. The normalized spacial score (nSPS) is 18.2. The number of nitrogens with one attached hydrogen (secondary N) is 1. The van der Waals surface area contributed by atoms with E-state index in [0.717, 1.165) is 57.5 Å². The van der Waals surface area contributed by atoms with Crippen LogP contribution in [0.5, 0.6) is 5.88 Å². The van der Waals surface area contributed by atoms with Crippen molar-refractivity contribution in [3.63, 3.8) is 0 Å². The molecule has 5 rings (SSSR count). The average molecular weight is 662 g/mol. The molecule has 0 aliphatic carbocycles. The summed E-state index contributed by atoms with van der Waals surface area (Å²) >= 11 is 18.0. The Labute approximate surface area is 274 Å². The SMILES string of the molecule is CCC1CCCN(C(=O)c2cnc(Cl)c(Cl)c2)C1.CCC1CCCN(C(=O)c2cnc(Nc3ccc(OC)nc3)c(Cl)c2)C1. The molecule has 2 amide bonds. The van der Waals surface area contributed by atoms with Gasteiger partial charge in [0.2, 0.25) is 5.88 Å². The van der Waals surface area contributed by atoms with Gasteiger partial charge < -0.3 is 19.9 Å². The number of halogens is 3. The smallest absolute Gasteiger partial charge is 0.255 e. The molecule has 0 aromatic carbocycles. The minimum absolute atomic E-state index is 0.000725. The Balaban J connectivity index is 0.000000215. The fourth-order valence-electron chi connectivity index (χ4n) is 5.43. The number of piperidine rings is 2. The molecule has 3 aromatic rings. The zero-order valence-electron chi connectivity index (χ0n) is 25.4. The number of anilines is 2. The van der Waals surface area contributed by atoms with E-state index in [0.29, 0.717) is 44.7 Å². The standard InChI is InChI=1S/C19H23ClN4O2.C13H16Cl2N2O/c1-3-13-5-4-8-24(12-13)19(25)14-9-16(20)18(22-10-14)23-15-6-7-17(26-2)21-11-15;1-2-9-4-3-5-17(8-9)13(18)10-6-11(14)12(15)16-7-10/h6-7,9-11,13H,3-5,8,12H2,1-2H3,(H,22,23);6-7,9H,2-5,8H2,1H3. The van der Waals surface area contributed by atoms with Crippen LogP contribution in [-0.2, 0) is 0 Å². The molecule has 0 spiro atoms. The van der Waals surface area contributed by atoms with Crippen LogP contribution in [0.15, 0.2) is 42.9 Å². The van der Waals surface area contributed by atoms with E-state index < -0.39 is 0 Å². The number of hydrogen-bond acceptors (Lipinski definition) is 7. The number of amides is 2. The topological polar surface area (TPSA) is 101 Å². The summed E-state index contributed by atoms with van der Waals surface area (Å²) in [7, 11) is 1.56. The van der Waals surface area contributed by atoms with Crippen molar-refractivity contribution in [2.24, 2.45) is 11.8 Å². The van der Waals surface area contributed by atoms with Gasteiger partial charge in [0.1, 0.15) is 11.0 Å². The van der Waals surface area contributed by atoms with Crippen LogP contribution in [0.2, 0.25) is 15.2 Å². The number of likely N-dealkylation sites (tertiary alicyclic amines) is 2. The Morgan fingerprint density at radius 1 is 0.841 bits per heavy atom. The predicted octanol–water partition coefficient (Wildman–Crippen LogP) is 7.80. The summed E-state index contributed by atoms with van der Waals surface area (Å²) in [4.78, 5) is 41.2. The second-order valence-electron chi connectivity index (χ2n) is 11.1. The minimum atomic E-state index is -0.00443. The molecule has 1 N–H and O–H groups in total. The molecule has 2 atom stereocenters. The summed E-state index contributed by atoms with van der Waals surface area (Å²) in [6.45, 7) is 7.59. The molecule has 236 valence electrons. The highest BCUT2D eigenvalue weighted by Gasteiger charge is 2.25. The molecule has 44 heavy (non-hydrogen) atoms. The maximum absolute atomic E-state index is 12.7. The van der Waals surface area contributed by atoms with Gasteiger partial charge in [0.05, 0.1) is 40.2 Å². The Kier molecular flexibility index (Phi) is 12.5. The third kappa shape index (κ3) is 8.96. The quantitative estimate of drug-likeness (QED) is 0.258. The highest BCUT2D eigenvalue weighted by Crippen LogP contribution is 2.27. The highest BCUT2D eigenvalue weighted by molar-refractivity contribution is 6.41. The summed E-state index contributed by atoms with van der Waals surface area (Å²) in [5, 5.41) is 4.06. The summed E-state index contributed by atoms with van der Waals surface area (Å²) in [6, 6.07) is 6.83. The molecule has 2 aliphatic rings. The molecule has 0 bridgehead atoms. The molecule has 0 radical (unpaired) electrons. The first kappa shape index (κ1) is 33.7. The second-order valence-corrected chi connectivity index (χ2v) is 12.3. The molecule has 3 aromatic heterocycles. The number of ether oxygens (including phenoxy) is 1. The van der Waals surface area contributed by atoms with Crippen LogP contribution in [-0.4, -0.2) is 69.9 Å². The molecule has 12 heteroatoms. The van der Waals surface area contributed by atoms with Gasteiger partial charge in [0.15, 0.2) is 0 Å². The van der Waals surface area contributed by atoms with E-state index in [1.807, 2.05) is 15.9 Å². The average Bonchev–Trinajstić information content (AvgIpc) is 3.07. The van der Waals surface area contributed by atoms with Crippen molar-refractivity contribution in [1.29, 1.82) is 0 Å². The second kappa shape index (κ2) is 16.3. The van der Waals surface area contributed by atoms with Crippen LogP contribution in [0.3, 0.4) is 0 Å². The van der Waals surface area contributed by atoms with Crippen molar-refractivity contribution in [2.75, 3.05) is 38.6 Å². The fraction of sp³-hybridized carbons (Fsp3) is 0.469. The Hall–Kier alpha value is -3.14. The van der Waals surface area contributed by atoms with E-state index in [9.17, 15) is 9.59 Å². The van der Waals surface area contributed by atoms with Crippen LogP contribution in [0.1, 0.15) is 73.1 Å². The molecular weight excluding hydrogens is 623 g/mol. The summed E-state index contributed by atoms with van der Waals surface area (Å²) in [5.41, 5.74) is 1.77. The molecule has 2 aliphatic heterocycles. The van der Waals surface area contributed by atoms with E-state index in [2.05, 4.69) is 34.1 Å². The van der Waals surface area contributed by atoms with Crippen molar-refractivity contribution in [3.8, 4) is 5.88 Å². The number of carbonyl (C=O) groups excluding carboxylic acids is 2. The molecule has 0 saturated carbocycles. The number of hydrogen-bond donors (Lipinski definition) is 1. The first-order chi connectivity index (χ1) is 21.2. The lowest BCUT2D eigenvalue weighted by molar-refractivity contribution is 0.0664. The van der Waals surface area contributed by atoms with Crippen molar-refractivity contribution in [3.05, 3.63) is 69.2 Å². The van der Waals surface area contributed by atoms with Crippen LogP contribution < -0.4 is 10.1 Å². The van der Waals surface area contributed by atoms with E-state index in [1.165, 1.54) is 19.0 Å². The van der Waals surface area contributed by atoms with E-state index in [1.54, 1.807) is 37.7 Å². The minimum Gasteiger partial charge on any atom is -0.481 e. The monoisotopic (exact) mass is 660 g/mol. The Bertz CT molecular complexity index is 1420. The molecule has 5 heterocycles. The largest absolute Gasteiger partial charge is 0.481 e. The summed E-state index contributed by atoms with van der Waals surface area (Å²) < 4.78 is 5.04. The van der Waals surface area contributed by atoms with Crippen LogP contribution >= 0.6 is 34.8 Å². The maximum atomic E-state index is 12.7. The summed E-state index contributed by atoms with van der Waals surface area (Å²) in [5.74, 6) is 2.20. The molecule has 2 fully saturated rings. The zero-order chi connectivity index (χ0) is 31.6.